The van der Waals surface area contributed by atoms with Gasteiger partial charge in [-0.15, -0.1) is 0 Å². The second-order valence-electron chi connectivity index (χ2n) is 1.84. The third kappa shape index (κ3) is 0.954. The quantitative estimate of drug-likeness (QED) is 0.388. The van der Waals surface area contributed by atoms with E-state index in [1.165, 1.54) is 0 Å². The van der Waals surface area contributed by atoms with Crippen LogP contribution >= 0.6 is 0 Å². The molecule has 1 aliphatic rings. The number of anilines is 1. The van der Waals surface area contributed by atoms with Crippen LogP contribution in [0.1, 0.15) is 0 Å². The molecule has 0 amide bonds. The van der Waals surface area contributed by atoms with Gasteiger partial charge in [0, 0.05) is 0 Å². The average Bonchev–Trinajstić information content (AvgIpc) is 2.71. The molecule has 0 unspecified atom stereocenters. The van der Waals surface area contributed by atoms with Crippen LogP contribution in [0.3, 0.4) is 0 Å². The Kier molecular flexibility index (Phi) is 1.02. The van der Waals surface area contributed by atoms with Crippen LogP contribution in [0.2, 0.25) is 0 Å². The number of rotatable bonds is 1. The second-order valence-corrected chi connectivity index (χ2v) is 1.84. The minimum absolute atomic E-state index is 1.08. The fraction of sp³-hybridized carbons (Fsp3) is 0. The summed E-state index contributed by atoms with van der Waals surface area (Å²) in [4.78, 5) is 5.84. The minimum atomic E-state index is 1.08. The third-order valence-electron chi connectivity index (χ3n) is 1.18. The zero-order chi connectivity index (χ0) is 6.10. The van der Waals surface area contributed by atoms with Gasteiger partial charge in [0.2, 0.25) is 0 Å². The summed E-state index contributed by atoms with van der Waals surface area (Å²) in [5.41, 5.74) is 1.08. The van der Waals surface area contributed by atoms with Gasteiger partial charge in [0.1, 0.15) is 0 Å². The molecule has 1 aromatic rings. The van der Waals surface area contributed by atoms with E-state index in [1.807, 2.05) is 25.3 Å². The van der Waals surface area contributed by atoms with E-state index in [2.05, 4.69) is 10.3 Å². The first-order valence-electron chi connectivity index (χ1n) is 2.75. The van der Waals surface area contributed by atoms with Gasteiger partial charge in [-0.25, -0.2) is 0 Å². The predicted molar refractivity (Wildman–Crippen MR) is 37.0 cm³/mol. The van der Waals surface area contributed by atoms with Crippen LogP contribution in [0.5, 0.6) is 0 Å². The normalized spacial score (nSPS) is 14.4. The standard InChI is InChI=1S/C4H4B2N3/c1-2-7-3-4(5-1)9-6-8-9/h1-3,8H. The van der Waals surface area contributed by atoms with Crippen LogP contribution in [0.15, 0.2) is 18.4 Å². The van der Waals surface area contributed by atoms with Crippen molar-refractivity contribution in [3.63, 3.8) is 0 Å². The first-order chi connectivity index (χ1) is 4.47. The number of aromatic nitrogens is 1. The van der Waals surface area contributed by atoms with Crippen LogP contribution in [0.4, 0.5) is 5.58 Å². The molecule has 0 spiro atoms. The molecule has 0 aromatic carbocycles. The summed E-state index contributed by atoms with van der Waals surface area (Å²) >= 11 is 0. The summed E-state index contributed by atoms with van der Waals surface area (Å²) < 4.78 is 0. The van der Waals surface area contributed by atoms with E-state index in [0.29, 0.717) is 0 Å². The van der Waals surface area contributed by atoms with Gasteiger partial charge in [-0.2, -0.15) is 0 Å². The predicted octanol–water partition coefficient (Wildman–Crippen LogP) is -0.722. The molecule has 9 heavy (non-hydrogen) atoms. The SMILES string of the molecule is [B]1NN1c1bccnc1. The fourth-order valence-electron chi connectivity index (χ4n) is 0.674. The van der Waals surface area contributed by atoms with E-state index in [4.69, 9.17) is 0 Å². The van der Waals surface area contributed by atoms with Crippen molar-refractivity contribution in [3.05, 3.63) is 18.4 Å². The van der Waals surface area contributed by atoms with Gasteiger partial charge in [-0.1, -0.05) is 0 Å². The molecule has 0 bridgehead atoms. The third-order valence-corrected chi connectivity index (χ3v) is 1.18. The van der Waals surface area contributed by atoms with Crippen molar-refractivity contribution in [3.8, 4) is 0 Å². The Hall–Kier alpha value is -0.830. The van der Waals surface area contributed by atoms with Gasteiger partial charge in [0.25, 0.3) is 0 Å². The molecular weight excluding hydrogens is 112 g/mol. The van der Waals surface area contributed by atoms with Crippen molar-refractivity contribution < 1.29 is 0 Å². The molecule has 2 heterocycles. The molecule has 1 N–H and O–H groups in total. The maximum absolute atomic E-state index is 3.94. The number of nitrogens with zero attached hydrogens (tertiary/aromatic N) is 2. The molecule has 41 valence electrons. The summed E-state index contributed by atoms with van der Waals surface area (Å²) in [5.74, 6) is 1.91. The number of nitrogens with one attached hydrogen (secondary N) is 1. The molecule has 1 aliphatic heterocycles. The molecule has 3 nitrogen and oxygen atoms in total. The van der Waals surface area contributed by atoms with E-state index < -0.39 is 0 Å². The molecule has 0 atom stereocenters. The first-order valence-corrected chi connectivity index (χ1v) is 2.75. The van der Waals surface area contributed by atoms with Crippen molar-refractivity contribution in [2.45, 2.75) is 0 Å². The van der Waals surface area contributed by atoms with Crippen LogP contribution in [-0.2, 0) is 0 Å². The molecule has 0 aliphatic carbocycles. The summed E-state index contributed by atoms with van der Waals surface area (Å²) in [7, 11) is 1.87. The monoisotopic (exact) mass is 116 g/mol. The Balaban J connectivity index is 2.29. The second kappa shape index (κ2) is 1.84. The number of hydrogen-bond donors (Lipinski definition) is 1. The Bertz CT molecular complexity index is 198. The Morgan fingerprint density at radius 2 is 2.56 bits per heavy atom. The molecule has 1 aromatic heterocycles. The topological polar surface area (TPSA) is 37.8 Å². The van der Waals surface area contributed by atoms with Crippen molar-refractivity contribution in [2.24, 2.45) is 0 Å². The maximum atomic E-state index is 3.94. The Morgan fingerprint density at radius 3 is 3.11 bits per heavy atom. The molecule has 1 fully saturated rings. The van der Waals surface area contributed by atoms with Gasteiger partial charge in [-0.05, 0) is 0 Å². The van der Waals surface area contributed by atoms with Gasteiger partial charge in [-0.3, -0.25) is 0 Å². The molecule has 0 saturated carbocycles. The van der Waals surface area contributed by atoms with Crippen LogP contribution < -0.4 is 10.3 Å². The summed E-state index contributed by atoms with van der Waals surface area (Å²) in [5, 5.41) is 2.92. The number of hydrogen-bond acceptors (Lipinski definition) is 3. The summed E-state index contributed by atoms with van der Waals surface area (Å²) in [6, 6.07) is 0. The van der Waals surface area contributed by atoms with Crippen molar-refractivity contribution in [1.82, 2.24) is 10.3 Å². The van der Waals surface area contributed by atoms with E-state index in [1.54, 1.807) is 12.4 Å². The molecule has 5 heteroatoms. The molecule has 1 radical (unpaired) electrons. The summed E-state index contributed by atoms with van der Waals surface area (Å²) in [6.45, 7) is 1.99. The van der Waals surface area contributed by atoms with E-state index in [9.17, 15) is 0 Å². The van der Waals surface area contributed by atoms with E-state index >= 15 is 0 Å². The first kappa shape index (κ1) is 4.99. The fourth-order valence-corrected chi connectivity index (χ4v) is 0.674. The molecular formula is C4H4B2N3. The zero-order valence-electron chi connectivity index (χ0n) is 4.78. The Labute approximate surface area is 54.6 Å². The van der Waals surface area contributed by atoms with Gasteiger partial charge in [0.05, 0.1) is 0 Å². The number of hydrazine groups is 1. The molecule has 2 rings (SSSR count). The van der Waals surface area contributed by atoms with Crippen molar-refractivity contribution >= 4 is 20.0 Å². The van der Waals surface area contributed by atoms with Gasteiger partial charge >= 0.3 is 53.6 Å². The van der Waals surface area contributed by atoms with Crippen molar-refractivity contribution in [1.29, 1.82) is 0 Å². The van der Waals surface area contributed by atoms with Gasteiger partial charge < -0.3 is 0 Å². The van der Waals surface area contributed by atoms with Crippen LogP contribution in [0, 0.1) is 0 Å². The Morgan fingerprint density at radius 1 is 1.67 bits per heavy atom. The van der Waals surface area contributed by atoms with E-state index in [0.717, 1.165) is 5.58 Å². The van der Waals surface area contributed by atoms with Crippen molar-refractivity contribution in [2.75, 3.05) is 4.92 Å². The molecule has 1 saturated heterocycles. The average molecular weight is 116 g/mol. The van der Waals surface area contributed by atoms with Crippen LogP contribution in [-0.4, -0.2) is 19.4 Å². The zero-order valence-corrected chi connectivity index (χ0v) is 4.78. The van der Waals surface area contributed by atoms with E-state index in [-0.39, 0.29) is 0 Å². The van der Waals surface area contributed by atoms with Gasteiger partial charge in [0.15, 0.2) is 0 Å². The summed E-state index contributed by atoms with van der Waals surface area (Å²) in [6.07, 6.45) is 3.56. The van der Waals surface area contributed by atoms with Crippen LogP contribution in [0.25, 0.3) is 0 Å².